The van der Waals surface area contributed by atoms with Crippen LogP contribution in [0, 0.1) is 11.7 Å². The van der Waals surface area contributed by atoms with Gasteiger partial charge in [-0.15, -0.1) is 11.3 Å². The molecule has 2 aromatic carbocycles. The second kappa shape index (κ2) is 10.3. The summed E-state index contributed by atoms with van der Waals surface area (Å²) < 4.78 is 22.5. The smallest absolute Gasteiger partial charge is 0.257 e. The Morgan fingerprint density at radius 1 is 1.07 bits per heavy atom. The van der Waals surface area contributed by atoms with E-state index < -0.39 is 5.82 Å². The van der Waals surface area contributed by atoms with Crippen LogP contribution < -0.4 is 5.73 Å². The van der Waals surface area contributed by atoms with E-state index in [0.29, 0.717) is 36.3 Å². The second-order valence-electron chi connectivity index (χ2n) is 12.2. The van der Waals surface area contributed by atoms with Crippen LogP contribution in [0.15, 0.2) is 30.3 Å². The summed E-state index contributed by atoms with van der Waals surface area (Å²) in [6, 6.07) is 9.30. The van der Waals surface area contributed by atoms with Crippen molar-refractivity contribution in [2.45, 2.75) is 64.2 Å². The number of nitrogens with two attached hydrogens (primary N) is 1. The van der Waals surface area contributed by atoms with Gasteiger partial charge in [-0.3, -0.25) is 4.79 Å². The maximum atomic E-state index is 15.6. The fourth-order valence-electron chi connectivity index (χ4n) is 6.93. The molecule has 4 aromatic rings. The molecular formula is C32H36FN5O2S. The zero-order valence-electron chi connectivity index (χ0n) is 23.8. The molecule has 41 heavy (non-hydrogen) atoms. The number of rotatable bonds is 3. The molecule has 9 heteroatoms. The van der Waals surface area contributed by atoms with E-state index in [2.05, 4.69) is 42.1 Å². The van der Waals surface area contributed by atoms with E-state index in [1.165, 1.54) is 11.1 Å². The number of piperidine rings is 2. The summed E-state index contributed by atoms with van der Waals surface area (Å²) in [5.41, 5.74) is 10.6. The van der Waals surface area contributed by atoms with Gasteiger partial charge in [0.05, 0.1) is 45.1 Å². The first-order valence-electron chi connectivity index (χ1n) is 14.7. The highest BCUT2D eigenvalue weighted by Crippen LogP contribution is 2.41. The number of hydrogen-bond donors (Lipinski definition) is 1. The second-order valence-corrected chi connectivity index (χ2v) is 13.3. The Morgan fingerprint density at radius 2 is 1.88 bits per heavy atom. The SMILES string of the molecule is C[C@H]1CC[C@H](c2ccc3nc(C4CCN(C)CC4)sc3c2)N(C(=O)c2cc3c4c(c(N)nc3cc2F)[C@@H](C)OC4)C1. The Hall–Kier alpha value is -3.14. The average molecular weight is 574 g/mol. The third-order valence-corrected chi connectivity index (χ3v) is 10.5. The lowest BCUT2D eigenvalue weighted by Gasteiger charge is -2.39. The van der Waals surface area contributed by atoms with Gasteiger partial charge in [0.15, 0.2) is 0 Å². The summed E-state index contributed by atoms with van der Waals surface area (Å²) in [4.78, 5) is 27.8. The van der Waals surface area contributed by atoms with E-state index in [1.807, 2.05) is 11.8 Å². The molecule has 2 N–H and O–H groups in total. The molecule has 3 aliphatic rings. The minimum absolute atomic E-state index is 0.0772. The molecule has 7 rings (SSSR count). The zero-order chi connectivity index (χ0) is 28.4. The molecule has 2 fully saturated rings. The molecule has 0 unspecified atom stereocenters. The number of benzene rings is 2. The number of pyridine rings is 1. The summed E-state index contributed by atoms with van der Waals surface area (Å²) in [7, 11) is 2.18. The van der Waals surface area contributed by atoms with Crippen LogP contribution in [0.3, 0.4) is 0 Å². The molecule has 2 aromatic heterocycles. The molecule has 7 nitrogen and oxygen atoms in total. The van der Waals surface area contributed by atoms with E-state index in [0.717, 1.165) is 71.1 Å². The van der Waals surface area contributed by atoms with E-state index in [4.69, 9.17) is 15.5 Å². The van der Waals surface area contributed by atoms with E-state index >= 15 is 4.39 Å². The lowest BCUT2D eigenvalue weighted by molar-refractivity contribution is 0.0540. The Morgan fingerprint density at radius 3 is 2.68 bits per heavy atom. The van der Waals surface area contributed by atoms with E-state index in [1.54, 1.807) is 17.4 Å². The number of anilines is 1. The van der Waals surface area contributed by atoms with Crippen molar-refractivity contribution in [1.29, 1.82) is 0 Å². The highest BCUT2D eigenvalue weighted by molar-refractivity contribution is 7.18. The first-order valence-corrected chi connectivity index (χ1v) is 15.5. The number of carbonyl (C=O) groups excluding carboxylic acids is 1. The fourth-order valence-corrected chi connectivity index (χ4v) is 8.11. The number of amides is 1. The van der Waals surface area contributed by atoms with Gasteiger partial charge in [-0.1, -0.05) is 13.0 Å². The minimum atomic E-state index is -0.570. The first-order chi connectivity index (χ1) is 19.8. The number of aromatic nitrogens is 2. The van der Waals surface area contributed by atoms with Crippen LogP contribution in [0.2, 0.25) is 0 Å². The van der Waals surface area contributed by atoms with E-state index in [-0.39, 0.29) is 23.6 Å². The van der Waals surface area contributed by atoms with Crippen LogP contribution in [-0.2, 0) is 11.3 Å². The zero-order valence-corrected chi connectivity index (χ0v) is 24.6. The predicted molar refractivity (Wildman–Crippen MR) is 161 cm³/mol. The van der Waals surface area contributed by atoms with Crippen LogP contribution in [0.5, 0.6) is 0 Å². The highest BCUT2D eigenvalue weighted by Gasteiger charge is 2.34. The van der Waals surface area contributed by atoms with Crippen molar-refractivity contribution in [3.8, 4) is 0 Å². The van der Waals surface area contributed by atoms with Gasteiger partial charge < -0.3 is 20.3 Å². The number of carbonyl (C=O) groups is 1. The quantitative estimate of drug-likeness (QED) is 0.298. The summed E-state index contributed by atoms with van der Waals surface area (Å²) >= 11 is 1.78. The maximum Gasteiger partial charge on any atom is 0.257 e. The molecule has 0 spiro atoms. The number of likely N-dealkylation sites (tertiary alicyclic amines) is 2. The topological polar surface area (TPSA) is 84.6 Å². The largest absolute Gasteiger partial charge is 0.383 e. The monoisotopic (exact) mass is 573 g/mol. The Kier molecular flexibility index (Phi) is 6.71. The molecule has 0 aliphatic carbocycles. The Bertz CT molecular complexity index is 1660. The number of nitrogen functional groups attached to an aromatic ring is 1. The summed E-state index contributed by atoms with van der Waals surface area (Å²) in [5.74, 6) is 0.352. The van der Waals surface area contributed by atoms with Crippen molar-refractivity contribution in [2.24, 2.45) is 5.92 Å². The maximum absolute atomic E-state index is 15.6. The molecule has 214 valence electrons. The molecule has 3 aliphatic heterocycles. The standard InChI is InChI=1S/C32H36FN5O2S/c1-17-4-7-27(20-5-6-25-28(12-20)41-31(36-25)19-8-10-37(3)11-9-19)38(15-17)32(39)22-13-21-23-16-40-18(2)29(23)30(34)35-26(21)14-24(22)33/h5-6,12-14,17-19,27H,4,7-11,15-16H2,1-3H3,(H2,34,35)/t17-,18+,27+/m0/s1. The third kappa shape index (κ3) is 4.68. The van der Waals surface area contributed by atoms with Crippen LogP contribution in [-0.4, -0.2) is 52.4 Å². The number of halogens is 1. The van der Waals surface area contributed by atoms with Crippen molar-refractivity contribution in [3.63, 3.8) is 0 Å². The van der Waals surface area contributed by atoms with Crippen LogP contribution in [0.4, 0.5) is 10.2 Å². The lowest BCUT2D eigenvalue weighted by Crippen LogP contribution is -2.42. The van der Waals surface area contributed by atoms with Gasteiger partial charge in [0.1, 0.15) is 11.6 Å². The molecular weight excluding hydrogens is 537 g/mol. The molecule has 0 radical (unpaired) electrons. The molecule has 2 saturated heterocycles. The average Bonchev–Trinajstić information content (AvgIpc) is 3.56. The van der Waals surface area contributed by atoms with Gasteiger partial charge in [-0.25, -0.2) is 14.4 Å². The van der Waals surface area contributed by atoms with Gasteiger partial charge in [-0.05, 0) is 88.0 Å². The van der Waals surface area contributed by atoms with Crippen LogP contribution >= 0.6 is 11.3 Å². The number of fused-ring (bicyclic) bond motifs is 4. The summed E-state index contributed by atoms with van der Waals surface area (Å²) in [5, 5.41) is 1.95. The van der Waals surface area contributed by atoms with Crippen molar-refractivity contribution in [2.75, 3.05) is 32.4 Å². The Labute approximate surface area is 243 Å². The van der Waals surface area contributed by atoms with Crippen molar-refractivity contribution >= 4 is 44.2 Å². The van der Waals surface area contributed by atoms with Gasteiger partial charge >= 0.3 is 0 Å². The number of nitrogens with zero attached hydrogens (tertiary/aromatic N) is 4. The molecule has 1 amide bonds. The normalized spacial score (nSPS) is 23.9. The molecule has 0 bridgehead atoms. The van der Waals surface area contributed by atoms with E-state index in [9.17, 15) is 4.79 Å². The molecule has 0 saturated carbocycles. The number of thiazole rings is 1. The lowest BCUT2D eigenvalue weighted by atomic mass is 9.89. The van der Waals surface area contributed by atoms with Gasteiger partial charge in [0.2, 0.25) is 0 Å². The van der Waals surface area contributed by atoms with Gasteiger partial charge in [-0.2, -0.15) is 0 Å². The summed E-state index contributed by atoms with van der Waals surface area (Å²) in [6.45, 7) is 7.25. The molecule has 5 heterocycles. The van der Waals surface area contributed by atoms with Crippen LogP contribution in [0.1, 0.15) is 89.7 Å². The minimum Gasteiger partial charge on any atom is -0.383 e. The van der Waals surface area contributed by atoms with Crippen LogP contribution in [0.25, 0.3) is 21.1 Å². The van der Waals surface area contributed by atoms with Crippen molar-refractivity contribution in [3.05, 3.63) is 63.4 Å². The Balaban J connectivity index is 1.23. The fraction of sp³-hybridized carbons (Fsp3) is 0.469. The van der Waals surface area contributed by atoms with Crippen molar-refractivity contribution < 1.29 is 13.9 Å². The van der Waals surface area contributed by atoms with Crippen molar-refractivity contribution in [1.82, 2.24) is 19.8 Å². The number of ether oxygens (including phenoxy) is 1. The van der Waals surface area contributed by atoms with Gasteiger partial charge in [0, 0.05) is 29.5 Å². The third-order valence-electron chi connectivity index (χ3n) is 9.33. The van der Waals surface area contributed by atoms with Gasteiger partial charge in [0.25, 0.3) is 5.91 Å². The summed E-state index contributed by atoms with van der Waals surface area (Å²) in [6.07, 6.45) is 3.95. The highest BCUT2D eigenvalue weighted by atomic mass is 32.1. The first kappa shape index (κ1) is 26.7. The molecule has 3 atom stereocenters. The predicted octanol–water partition coefficient (Wildman–Crippen LogP) is 6.58. The number of hydrogen-bond acceptors (Lipinski definition) is 7.